The van der Waals surface area contributed by atoms with Crippen LogP contribution in [-0.2, 0) is 26.2 Å². The molecule has 8 heteroatoms. The fourth-order valence-corrected chi connectivity index (χ4v) is 3.48. The molecule has 2 aliphatic heterocycles. The Labute approximate surface area is 117 Å². The number of nitrogens with zero attached hydrogens (tertiary/aromatic N) is 1. The first kappa shape index (κ1) is 13.3. The normalized spacial score (nSPS) is 19.5. The van der Waals surface area contributed by atoms with Gasteiger partial charge in [0.25, 0.3) is 0 Å². The average Bonchev–Trinajstić information content (AvgIpc) is 2.79. The van der Waals surface area contributed by atoms with Crippen molar-refractivity contribution in [2.45, 2.75) is 6.42 Å². The molecule has 2 N–H and O–H groups in total. The molecule has 0 bridgehead atoms. The number of hydrogen-bond donors (Lipinski definition) is 2. The van der Waals surface area contributed by atoms with E-state index in [4.69, 9.17) is 4.74 Å². The molecule has 20 heavy (non-hydrogen) atoms. The highest BCUT2D eigenvalue weighted by molar-refractivity contribution is 7.90. The van der Waals surface area contributed by atoms with Crippen molar-refractivity contribution in [3.63, 3.8) is 0 Å². The summed E-state index contributed by atoms with van der Waals surface area (Å²) in [5.41, 5.74) is 2.01. The summed E-state index contributed by atoms with van der Waals surface area (Å²) >= 11 is 0. The highest BCUT2D eigenvalue weighted by Crippen LogP contribution is 2.26. The molecule has 0 spiro atoms. The Morgan fingerprint density at radius 1 is 1.25 bits per heavy atom. The van der Waals surface area contributed by atoms with Gasteiger partial charge < -0.3 is 10.1 Å². The van der Waals surface area contributed by atoms with Crippen molar-refractivity contribution in [1.29, 1.82) is 0 Å². The number of nitrogens with one attached hydrogen (secondary N) is 2. The second-order valence-electron chi connectivity index (χ2n) is 4.72. The molecule has 3 rings (SSSR count). The van der Waals surface area contributed by atoms with Crippen LogP contribution in [0.15, 0.2) is 18.2 Å². The van der Waals surface area contributed by atoms with Crippen LogP contribution < -0.4 is 10.0 Å². The maximum absolute atomic E-state index is 12.2. The minimum Gasteiger partial charge on any atom is -0.379 e. The number of hydrogen-bond acceptors (Lipinski definition) is 4. The van der Waals surface area contributed by atoms with Crippen LogP contribution in [0, 0.1) is 0 Å². The highest BCUT2D eigenvalue weighted by Gasteiger charge is 2.25. The average molecular weight is 297 g/mol. The van der Waals surface area contributed by atoms with Gasteiger partial charge in [-0.25, -0.2) is 0 Å². The molecule has 1 saturated heterocycles. The maximum Gasteiger partial charge on any atom is 0.301 e. The summed E-state index contributed by atoms with van der Waals surface area (Å²) in [7, 11) is -3.57. The largest absolute Gasteiger partial charge is 0.379 e. The zero-order valence-electron chi connectivity index (χ0n) is 10.8. The topological polar surface area (TPSA) is 87.7 Å². The van der Waals surface area contributed by atoms with Crippen LogP contribution in [0.5, 0.6) is 0 Å². The van der Waals surface area contributed by atoms with E-state index in [1.165, 1.54) is 4.31 Å². The van der Waals surface area contributed by atoms with Crippen LogP contribution in [0.4, 0.5) is 11.4 Å². The van der Waals surface area contributed by atoms with Crippen LogP contribution >= 0.6 is 0 Å². The van der Waals surface area contributed by atoms with Gasteiger partial charge in [-0.3, -0.25) is 9.52 Å². The van der Waals surface area contributed by atoms with Gasteiger partial charge in [-0.2, -0.15) is 12.7 Å². The van der Waals surface area contributed by atoms with E-state index in [0.717, 1.165) is 11.3 Å². The number of rotatable bonds is 3. The molecule has 0 aromatic heterocycles. The van der Waals surface area contributed by atoms with Gasteiger partial charge in [-0.05, 0) is 23.8 Å². The molecule has 1 fully saturated rings. The van der Waals surface area contributed by atoms with Crippen molar-refractivity contribution in [2.24, 2.45) is 0 Å². The molecule has 108 valence electrons. The number of morpholine rings is 1. The van der Waals surface area contributed by atoms with Crippen LogP contribution in [0.3, 0.4) is 0 Å². The Morgan fingerprint density at radius 3 is 2.75 bits per heavy atom. The zero-order valence-corrected chi connectivity index (χ0v) is 11.6. The molecule has 2 aliphatic rings. The fraction of sp³-hybridized carbons (Fsp3) is 0.417. The second kappa shape index (κ2) is 5.04. The van der Waals surface area contributed by atoms with E-state index < -0.39 is 10.2 Å². The lowest BCUT2D eigenvalue weighted by molar-refractivity contribution is -0.115. The Bertz CT molecular complexity index is 638. The SMILES string of the molecule is O=C1Cc2cc(NS(=O)(=O)N3CCOCC3)ccc2N1. The molecule has 1 amide bonds. The van der Waals surface area contributed by atoms with Crippen molar-refractivity contribution < 1.29 is 17.9 Å². The van der Waals surface area contributed by atoms with Crippen molar-refractivity contribution >= 4 is 27.5 Å². The lowest BCUT2D eigenvalue weighted by Gasteiger charge is -2.26. The Morgan fingerprint density at radius 2 is 2.00 bits per heavy atom. The van der Waals surface area contributed by atoms with Crippen LogP contribution in [0.1, 0.15) is 5.56 Å². The minimum atomic E-state index is -3.57. The summed E-state index contributed by atoms with van der Waals surface area (Å²) in [6, 6.07) is 5.03. The van der Waals surface area contributed by atoms with Crippen molar-refractivity contribution in [2.75, 3.05) is 36.3 Å². The zero-order chi connectivity index (χ0) is 14.2. The lowest BCUT2D eigenvalue weighted by Crippen LogP contribution is -2.43. The third-order valence-electron chi connectivity index (χ3n) is 3.29. The number of anilines is 2. The van der Waals surface area contributed by atoms with E-state index >= 15 is 0 Å². The molecule has 1 aromatic rings. The molecular weight excluding hydrogens is 282 g/mol. The van der Waals surface area contributed by atoms with E-state index in [0.29, 0.717) is 32.0 Å². The van der Waals surface area contributed by atoms with Crippen LogP contribution in [0.2, 0.25) is 0 Å². The Hall–Kier alpha value is -1.64. The summed E-state index contributed by atoms with van der Waals surface area (Å²) in [4.78, 5) is 11.3. The summed E-state index contributed by atoms with van der Waals surface area (Å²) in [6.45, 7) is 1.51. The predicted octanol–water partition coefficient (Wildman–Crippen LogP) is 0.170. The first-order valence-corrected chi connectivity index (χ1v) is 7.77. The van der Waals surface area contributed by atoms with Gasteiger partial charge in [-0.1, -0.05) is 0 Å². The molecule has 0 saturated carbocycles. The molecule has 2 heterocycles. The fourth-order valence-electron chi connectivity index (χ4n) is 2.29. The molecule has 0 aliphatic carbocycles. The monoisotopic (exact) mass is 297 g/mol. The van der Waals surface area contributed by atoms with Crippen molar-refractivity contribution in [3.05, 3.63) is 23.8 Å². The lowest BCUT2D eigenvalue weighted by atomic mass is 10.1. The minimum absolute atomic E-state index is 0.0758. The second-order valence-corrected chi connectivity index (χ2v) is 6.39. The van der Waals surface area contributed by atoms with E-state index in [1.807, 2.05) is 0 Å². The standard InChI is InChI=1S/C12H15N3O4S/c16-12-8-9-7-10(1-2-11(9)13-12)14-20(17,18)15-3-5-19-6-4-15/h1-2,7,14H,3-6,8H2,(H,13,16). The van der Waals surface area contributed by atoms with Gasteiger partial charge in [0.2, 0.25) is 5.91 Å². The van der Waals surface area contributed by atoms with Gasteiger partial charge in [0.1, 0.15) is 0 Å². The Kier molecular flexibility index (Phi) is 3.36. The summed E-state index contributed by atoms with van der Waals surface area (Å²) in [5, 5.41) is 2.71. The van der Waals surface area contributed by atoms with Crippen molar-refractivity contribution in [3.8, 4) is 0 Å². The van der Waals surface area contributed by atoms with Crippen molar-refractivity contribution in [1.82, 2.24) is 4.31 Å². The van der Waals surface area contributed by atoms with Gasteiger partial charge in [0, 0.05) is 18.8 Å². The van der Waals surface area contributed by atoms with Gasteiger partial charge in [0.15, 0.2) is 0 Å². The maximum atomic E-state index is 12.2. The summed E-state index contributed by atoms with van der Waals surface area (Å²) < 4.78 is 33.4. The highest BCUT2D eigenvalue weighted by atomic mass is 32.2. The smallest absolute Gasteiger partial charge is 0.301 e. The first-order valence-electron chi connectivity index (χ1n) is 6.33. The third kappa shape index (κ3) is 2.62. The van der Waals surface area contributed by atoms with Gasteiger partial charge in [0.05, 0.1) is 25.3 Å². The molecule has 0 unspecified atom stereocenters. The van der Waals surface area contributed by atoms with Crippen LogP contribution in [0.25, 0.3) is 0 Å². The number of ether oxygens (including phenoxy) is 1. The molecular formula is C12H15N3O4S. The summed E-state index contributed by atoms with van der Waals surface area (Å²) in [6.07, 6.45) is 0.280. The number of fused-ring (bicyclic) bond motifs is 1. The van der Waals surface area contributed by atoms with E-state index in [2.05, 4.69) is 10.0 Å². The number of carbonyl (C=O) groups excluding carboxylic acids is 1. The predicted molar refractivity (Wildman–Crippen MR) is 73.7 cm³/mol. The van der Waals surface area contributed by atoms with Gasteiger partial charge >= 0.3 is 10.2 Å². The van der Waals surface area contributed by atoms with Crippen LogP contribution in [-0.4, -0.2) is 44.9 Å². The molecule has 0 atom stereocenters. The molecule has 7 nitrogen and oxygen atoms in total. The van der Waals surface area contributed by atoms with E-state index in [1.54, 1.807) is 18.2 Å². The molecule has 1 aromatic carbocycles. The van der Waals surface area contributed by atoms with E-state index in [-0.39, 0.29) is 12.3 Å². The number of benzene rings is 1. The van der Waals surface area contributed by atoms with E-state index in [9.17, 15) is 13.2 Å². The Balaban J connectivity index is 1.77. The summed E-state index contributed by atoms with van der Waals surface area (Å²) in [5.74, 6) is -0.0758. The quantitative estimate of drug-likeness (QED) is 0.832. The molecule has 0 radical (unpaired) electrons. The van der Waals surface area contributed by atoms with Gasteiger partial charge in [-0.15, -0.1) is 0 Å². The number of amides is 1. The number of carbonyl (C=O) groups is 1. The first-order chi connectivity index (χ1) is 9.54. The third-order valence-corrected chi connectivity index (χ3v) is 4.83.